The fourth-order valence-corrected chi connectivity index (χ4v) is 4.02. The first kappa shape index (κ1) is 13.1. The molecule has 0 heterocycles. The highest BCUT2D eigenvalue weighted by Crippen LogP contribution is 2.43. The smallest absolute Gasteiger partial charge is 0.0152 e. The van der Waals surface area contributed by atoms with Crippen molar-refractivity contribution in [2.45, 2.75) is 52.9 Å². The monoisotopic (exact) mass is 340 g/mol. The van der Waals surface area contributed by atoms with E-state index in [9.17, 15) is 0 Å². The molecule has 0 nitrogen and oxygen atoms in total. The highest BCUT2D eigenvalue weighted by molar-refractivity contribution is 14.1. The van der Waals surface area contributed by atoms with Crippen LogP contribution in [0.5, 0.6) is 0 Å². The van der Waals surface area contributed by atoms with Crippen molar-refractivity contribution in [3.63, 3.8) is 0 Å². The maximum Gasteiger partial charge on any atom is 0.0152 e. The summed E-state index contributed by atoms with van der Waals surface area (Å²) >= 11 is 2.57. The van der Waals surface area contributed by atoms with Crippen LogP contribution in [0.15, 0.2) is 21.3 Å². The normalized spacial score (nSPS) is 20.9. The number of rotatable bonds is 1. The first-order chi connectivity index (χ1) is 8.00. The van der Waals surface area contributed by atoms with E-state index in [-0.39, 0.29) is 0 Å². The molecule has 1 heteroatoms. The van der Waals surface area contributed by atoms with Gasteiger partial charge in [0.2, 0.25) is 0 Å². The van der Waals surface area contributed by atoms with Gasteiger partial charge in [-0.1, -0.05) is 23.3 Å². The number of hydrogen-bond donors (Lipinski definition) is 0. The number of allylic oxidation sites excluding steroid dienone is 2. The van der Waals surface area contributed by atoms with E-state index < -0.39 is 0 Å². The molecule has 17 heavy (non-hydrogen) atoms. The zero-order chi connectivity index (χ0) is 12.6. The van der Waals surface area contributed by atoms with Gasteiger partial charge in [-0.3, -0.25) is 0 Å². The molecule has 1 atom stereocenters. The van der Waals surface area contributed by atoms with Crippen molar-refractivity contribution in [2.75, 3.05) is 0 Å². The Morgan fingerprint density at radius 3 is 2.24 bits per heavy atom. The van der Waals surface area contributed by atoms with E-state index >= 15 is 0 Å². The van der Waals surface area contributed by atoms with Gasteiger partial charge < -0.3 is 0 Å². The maximum absolute atomic E-state index is 2.57. The summed E-state index contributed by atoms with van der Waals surface area (Å²) in [4.78, 5) is 0. The third-order valence-corrected chi connectivity index (χ3v) is 5.52. The molecule has 0 fully saturated rings. The average molecular weight is 340 g/mol. The molecule has 0 radical (unpaired) electrons. The molecule has 92 valence electrons. The van der Waals surface area contributed by atoms with E-state index in [2.05, 4.69) is 62.4 Å². The second-order valence-corrected chi connectivity index (χ2v) is 6.55. The van der Waals surface area contributed by atoms with Crippen molar-refractivity contribution < 1.29 is 0 Å². The van der Waals surface area contributed by atoms with E-state index in [0.717, 1.165) is 0 Å². The highest BCUT2D eigenvalue weighted by atomic mass is 127. The molecule has 0 saturated heterocycles. The van der Waals surface area contributed by atoms with Crippen LogP contribution in [0.1, 0.15) is 54.4 Å². The maximum atomic E-state index is 2.57. The van der Waals surface area contributed by atoms with Crippen molar-refractivity contribution >= 4 is 22.6 Å². The zero-order valence-electron chi connectivity index (χ0n) is 11.2. The fraction of sp³-hybridized carbons (Fsp3) is 0.500. The molecule has 0 N–H and O–H groups in total. The SMILES string of the molecule is CC1=C(I)C(c2c(C)cc(C)cc2C)CCC1. The standard InChI is InChI=1S/C16H21I/c1-10-8-12(3)15(13(4)9-10)14-7-5-6-11(2)16(14)17/h8-9,14H,5-7H2,1-4H3. The Morgan fingerprint density at radius 1 is 1.06 bits per heavy atom. The summed E-state index contributed by atoms with van der Waals surface area (Å²) in [6.45, 7) is 9.02. The molecular formula is C16H21I. The van der Waals surface area contributed by atoms with E-state index in [1.807, 2.05) is 0 Å². The second-order valence-electron chi connectivity index (χ2n) is 5.39. The highest BCUT2D eigenvalue weighted by Gasteiger charge is 2.23. The first-order valence-corrected chi connectivity index (χ1v) is 7.51. The Bertz CT molecular complexity index is 445. The Morgan fingerprint density at radius 2 is 1.65 bits per heavy atom. The molecule has 1 unspecified atom stereocenters. The Labute approximate surface area is 119 Å². The van der Waals surface area contributed by atoms with Crippen LogP contribution in [0, 0.1) is 20.8 Å². The van der Waals surface area contributed by atoms with Crippen LogP contribution in [0.25, 0.3) is 0 Å². The van der Waals surface area contributed by atoms with Gasteiger partial charge in [0.15, 0.2) is 0 Å². The molecule has 0 aromatic heterocycles. The summed E-state index contributed by atoms with van der Waals surface area (Å²) < 4.78 is 1.59. The van der Waals surface area contributed by atoms with Crippen LogP contribution >= 0.6 is 22.6 Å². The summed E-state index contributed by atoms with van der Waals surface area (Å²) in [7, 11) is 0. The van der Waals surface area contributed by atoms with Crippen LogP contribution in [0.4, 0.5) is 0 Å². The molecular weight excluding hydrogens is 319 g/mol. The Balaban J connectivity index is 2.51. The summed E-state index contributed by atoms with van der Waals surface area (Å²) in [6, 6.07) is 4.66. The minimum absolute atomic E-state index is 0.657. The number of aryl methyl sites for hydroxylation is 3. The van der Waals surface area contributed by atoms with Gasteiger partial charge >= 0.3 is 0 Å². The van der Waals surface area contributed by atoms with Gasteiger partial charge in [-0.15, -0.1) is 0 Å². The van der Waals surface area contributed by atoms with Crippen LogP contribution in [0.3, 0.4) is 0 Å². The molecule has 0 spiro atoms. The minimum atomic E-state index is 0.657. The molecule has 0 saturated carbocycles. The van der Waals surface area contributed by atoms with Gasteiger partial charge in [-0.05, 0) is 89.8 Å². The van der Waals surface area contributed by atoms with Crippen LogP contribution in [-0.4, -0.2) is 0 Å². The molecule has 0 amide bonds. The lowest BCUT2D eigenvalue weighted by molar-refractivity contribution is 0.625. The predicted octanol–water partition coefficient (Wildman–Crippen LogP) is 5.59. The van der Waals surface area contributed by atoms with Gasteiger partial charge in [0.05, 0.1) is 0 Å². The van der Waals surface area contributed by atoms with E-state index in [0.29, 0.717) is 5.92 Å². The summed E-state index contributed by atoms with van der Waals surface area (Å²) in [6.07, 6.45) is 3.95. The summed E-state index contributed by atoms with van der Waals surface area (Å²) in [5.74, 6) is 0.657. The van der Waals surface area contributed by atoms with Crippen molar-refractivity contribution in [3.8, 4) is 0 Å². The van der Waals surface area contributed by atoms with Gasteiger partial charge in [-0.2, -0.15) is 0 Å². The third kappa shape index (κ3) is 2.59. The van der Waals surface area contributed by atoms with Gasteiger partial charge in [0.25, 0.3) is 0 Å². The number of benzene rings is 1. The third-order valence-electron chi connectivity index (χ3n) is 3.84. The van der Waals surface area contributed by atoms with Gasteiger partial charge in [0.1, 0.15) is 0 Å². The quantitative estimate of drug-likeness (QED) is 0.585. The second kappa shape index (κ2) is 5.13. The van der Waals surface area contributed by atoms with Crippen LogP contribution < -0.4 is 0 Å². The van der Waals surface area contributed by atoms with Crippen molar-refractivity contribution in [1.29, 1.82) is 0 Å². The molecule has 1 aliphatic carbocycles. The molecule has 2 rings (SSSR count). The topological polar surface area (TPSA) is 0 Å². The lowest BCUT2D eigenvalue weighted by atomic mass is 9.81. The van der Waals surface area contributed by atoms with E-state index in [4.69, 9.17) is 0 Å². The van der Waals surface area contributed by atoms with Crippen LogP contribution in [0.2, 0.25) is 0 Å². The Kier molecular flexibility index (Phi) is 3.96. The van der Waals surface area contributed by atoms with Gasteiger partial charge in [-0.25, -0.2) is 0 Å². The average Bonchev–Trinajstić information content (AvgIpc) is 2.23. The summed E-state index contributed by atoms with van der Waals surface area (Å²) in [5, 5.41) is 0. The van der Waals surface area contributed by atoms with Crippen molar-refractivity contribution in [3.05, 3.63) is 43.5 Å². The lowest BCUT2D eigenvalue weighted by Gasteiger charge is -2.27. The Hall–Kier alpha value is -0.310. The molecule has 1 aliphatic rings. The minimum Gasteiger partial charge on any atom is -0.0634 e. The number of halogens is 1. The van der Waals surface area contributed by atoms with E-state index in [1.54, 1.807) is 14.7 Å². The molecule has 1 aromatic carbocycles. The fourth-order valence-electron chi connectivity index (χ4n) is 3.13. The first-order valence-electron chi connectivity index (χ1n) is 6.43. The van der Waals surface area contributed by atoms with Crippen molar-refractivity contribution in [2.24, 2.45) is 0 Å². The molecule has 0 bridgehead atoms. The van der Waals surface area contributed by atoms with E-state index in [1.165, 1.54) is 36.0 Å². The molecule has 0 aliphatic heterocycles. The van der Waals surface area contributed by atoms with Crippen LogP contribution in [-0.2, 0) is 0 Å². The molecule has 1 aromatic rings. The van der Waals surface area contributed by atoms with Gasteiger partial charge in [0, 0.05) is 5.92 Å². The lowest BCUT2D eigenvalue weighted by Crippen LogP contribution is -2.09. The number of hydrogen-bond acceptors (Lipinski definition) is 0. The summed E-state index contributed by atoms with van der Waals surface area (Å²) in [5.41, 5.74) is 7.50. The largest absolute Gasteiger partial charge is 0.0634 e. The zero-order valence-corrected chi connectivity index (χ0v) is 13.4. The van der Waals surface area contributed by atoms with Crippen molar-refractivity contribution in [1.82, 2.24) is 0 Å². The predicted molar refractivity (Wildman–Crippen MR) is 84.0 cm³/mol.